The van der Waals surface area contributed by atoms with Crippen LogP contribution in [0.4, 0.5) is 0 Å². The number of amides is 2. The van der Waals surface area contributed by atoms with Crippen molar-refractivity contribution < 1.29 is 9.59 Å². The number of piperazine rings is 1. The molecule has 0 N–H and O–H groups in total. The van der Waals surface area contributed by atoms with Crippen molar-refractivity contribution in [2.24, 2.45) is 0 Å². The van der Waals surface area contributed by atoms with Crippen LogP contribution >= 0.6 is 0 Å². The van der Waals surface area contributed by atoms with E-state index in [4.69, 9.17) is 0 Å². The summed E-state index contributed by atoms with van der Waals surface area (Å²) < 4.78 is 0. The third kappa shape index (κ3) is 4.03. The zero-order valence-corrected chi connectivity index (χ0v) is 15.8. The number of hydrogen-bond acceptors (Lipinski definition) is 3. The smallest absolute Gasteiger partial charge is 0.246 e. The summed E-state index contributed by atoms with van der Waals surface area (Å²) in [6.45, 7) is 15.9. The van der Waals surface area contributed by atoms with E-state index in [-0.39, 0.29) is 11.8 Å². The van der Waals surface area contributed by atoms with Crippen molar-refractivity contribution in [2.45, 2.75) is 12.5 Å². The molecule has 2 fully saturated rings. The van der Waals surface area contributed by atoms with E-state index in [0.717, 1.165) is 56.0 Å². The molecule has 0 saturated carbocycles. The minimum absolute atomic E-state index is 0.000147. The fraction of sp³-hybridized carbons (Fsp3) is 0.364. The highest BCUT2D eigenvalue weighted by Gasteiger charge is 2.35. The first kappa shape index (κ1) is 19.1. The van der Waals surface area contributed by atoms with E-state index >= 15 is 0 Å². The molecular weight excluding hydrogens is 338 g/mol. The summed E-state index contributed by atoms with van der Waals surface area (Å²) in [6.07, 6.45) is 5.34. The second-order valence-corrected chi connectivity index (χ2v) is 7.02. The van der Waals surface area contributed by atoms with Gasteiger partial charge in [0.25, 0.3) is 0 Å². The largest absolute Gasteiger partial charge is 0.340 e. The molecule has 1 aromatic carbocycles. The minimum atomic E-state index is -0.000147. The van der Waals surface area contributed by atoms with Gasteiger partial charge in [-0.15, -0.1) is 0 Å². The zero-order valence-electron chi connectivity index (χ0n) is 15.8. The van der Waals surface area contributed by atoms with Gasteiger partial charge < -0.3 is 9.80 Å². The standard InChI is InChI=1S/C22H27N3O2/c1-4-17-8-7-9-18(20(17)5-2)14-22(27)24-12-10-23(11-13-24)19-15-25(16-19)21(26)6-3/h4-9,19H,1-3,10-16H2. The predicted octanol–water partition coefficient (Wildman–Crippen LogP) is 2.06. The van der Waals surface area contributed by atoms with Crippen LogP contribution in [0.1, 0.15) is 16.7 Å². The van der Waals surface area contributed by atoms with Crippen LogP contribution < -0.4 is 0 Å². The molecule has 2 aliphatic heterocycles. The van der Waals surface area contributed by atoms with E-state index in [2.05, 4.69) is 24.6 Å². The first-order valence-corrected chi connectivity index (χ1v) is 9.37. The molecule has 0 aliphatic carbocycles. The Labute approximate surface area is 161 Å². The second kappa shape index (κ2) is 8.35. The van der Waals surface area contributed by atoms with E-state index in [1.54, 1.807) is 17.1 Å². The lowest BCUT2D eigenvalue weighted by Crippen LogP contribution is -2.64. The average Bonchev–Trinajstić information content (AvgIpc) is 2.66. The van der Waals surface area contributed by atoms with Crippen molar-refractivity contribution in [1.29, 1.82) is 0 Å². The molecule has 0 spiro atoms. The Morgan fingerprint density at radius 1 is 1.00 bits per heavy atom. The molecule has 0 bridgehead atoms. The molecule has 0 unspecified atom stereocenters. The number of carbonyl (C=O) groups is 2. The van der Waals surface area contributed by atoms with Crippen LogP contribution in [-0.4, -0.2) is 71.8 Å². The lowest BCUT2D eigenvalue weighted by Gasteiger charge is -2.47. The minimum Gasteiger partial charge on any atom is -0.340 e. The topological polar surface area (TPSA) is 43.9 Å². The van der Waals surface area contributed by atoms with Gasteiger partial charge in [-0.25, -0.2) is 0 Å². The molecule has 2 saturated heterocycles. The van der Waals surface area contributed by atoms with Gasteiger partial charge in [0.2, 0.25) is 11.8 Å². The summed E-state index contributed by atoms with van der Waals surface area (Å²) in [5, 5.41) is 0. The van der Waals surface area contributed by atoms with Crippen molar-refractivity contribution in [2.75, 3.05) is 39.3 Å². The van der Waals surface area contributed by atoms with Gasteiger partial charge in [0, 0.05) is 45.3 Å². The first-order valence-electron chi connectivity index (χ1n) is 9.37. The van der Waals surface area contributed by atoms with Gasteiger partial charge in [-0.05, 0) is 22.8 Å². The molecule has 2 aliphatic rings. The number of carbonyl (C=O) groups excluding carboxylic acids is 2. The van der Waals surface area contributed by atoms with Crippen molar-refractivity contribution in [3.63, 3.8) is 0 Å². The Balaban J connectivity index is 1.52. The second-order valence-electron chi connectivity index (χ2n) is 7.02. The van der Waals surface area contributed by atoms with Crippen LogP contribution in [-0.2, 0) is 16.0 Å². The molecule has 0 radical (unpaired) electrons. The first-order chi connectivity index (χ1) is 13.1. The fourth-order valence-electron chi connectivity index (χ4n) is 3.82. The Morgan fingerprint density at radius 3 is 2.30 bits per heavy atom. The van der Waals surface area contributed by atoms with Gasteiger partial charge >= 0.3 is 0 Å². The highest BCUT2D eigenvalue weighted by atomic mass is 16.2. The third-order valence-electron chi connectivity index (χ3n) is 5.53. The van der Waals surface area contributed by atoms with Crippen molar-refractivity contribution in [3.8, 4) is 0 Å². The lowest BCUT2D eigenvalue weighted by molar-refractivity contribution is -0.136. The normalized spacial score (nSPS) is 17.9. The van der Waals surface area contributed by atoms with Gasteiger partial charge in [-0.3, -0.25) is 14.5 Å². The molecule has 142 valence electrons. The number of benzene rings is 1. The van der Waals surface area contributed by atoms with E-state index in [9.17, 15) is 9.59 Å². The highest BCUT2D eigenvalue weighted by Crippen LogP contribution is 2.20. The van der Waals surface area contributed by atoms with Crippen molar-refractivity contribution in [1.82, 2.24) is 14.7 Å². The molecule has 5 heteroatoms. The van der Waals surface area contributed by atoms with E-state index in [1.807, 2.05) is 23.1 Å². The maximum absolute atomic E-state index is 12.8. The number of rotatable bonds is 6. The summed E-state index contributed by atoms with van der Waals surface area (Å²) in [4.78, 5) is 30.4. The lowest BCUT2D eigenvalue weighted by atomic mass is 9.98. The monoisotopic (exact) mass is 365 g/mol. The van der Waals surface area contributed by atoms with E-state index in [1.165, 1.54) is 6.08 Å². The van der Waals surface area contributed by atoms with Crippen LogP contribution in [0.15, 0.2) is 44.0 Å². The van der Waals surface area contributed by atoms with Crippen molar-refractivity contribution >= 4 is 24.0 Å². The Hall–Kier alpha value is -2.66. The van der Waals surface area contributed by atoms with Crippen LogP contribution in [0.2, 0.25) is 0 Å². The van der Waals surface area contributed by atoms with E-state index in [0.29, 0.717) is 12.5 Å². The quantitative estimate of drug-likeness (QED) is 0.725. The molecule has 3 rings (SSSR count). The summed E-state index contributed by atoms with van der Waals surface area (Å²) in [7, 11) is 0. The fourth-order valence-corrected chi connectivity index (χ4v) is 3.82. The van der Waals surface area contributed by atoms with Crippen LogP contribution in [0.5, 0.6) is 0 Å². The van der Waals surface area contributed by atoms with Gasteiger partial charge in [0.15, 0.2) is 0 Å². The summed E-state index contributed by atoms with van der Waals surface area (Å²) in [5.74, 6) is 0.149. The van der Waals surface area contributed by atoms with Crippen LogP contribution in [0.3, 0.4) is 0 Å². The number of hydrogen-bond donors (Lipinski definition) is 0. The summed E-state index contributed by atoms with van der Waals surface area (Å²) in [6, 6.07) is 6.33. The van der Waals surface area contributed by atoms with Gasteiger partial charge in [-0.1, -0.05) is 50.1 Å². The Bertz CT molecular complexity index is 757. The SMILES string of the molecule is C=CC(=O)N1CC(N2CCN(C(=O)Cc3cccc(C=C)c3C=C)CC2)C1. The molecule has 2 amide bonds. The molecule has 0 atom stereocenters. The number of nitrogens with zero attached hydrogens (tertiary/aromatic N) is 3. The van der Waals surface area contributed by atoms with Gasteiger partial charge in [-0.2, -0.15) is 0 Å². The average molecular weight is 365 g/mol. The molecular formula is C22H27N3O2. The summed E-state index contributed by atoms with van der Waals surface area (Å²) >= 11 is 0. The number of likely N-dealkylation sites (tertiary alicyclic amines) is 1. The van der Waals surface area contributed by atoms with Crippen LogP contribution in [0, 0.1) is 0 Å². The molecule has 0 aromatic heterocycles. The molecule has 27 heavy (non-hydrogen) atoms. The predicted molar refractivity (Wildman–Crippen MR) is 109 cm³/mol. The zero-order chi connectivity index (χ0) is 19.4. The molecule has 2 heterocycles. The van der Waals surface area contributed by atoms with Crippen LogP contribution in [0.25, 0.3) is 12.2 Å². The molecule has 5 nitrogen and oxygen atoms in total. The maximum Gasteiger partial charge on any atom is 0.246 e. The Kier molecular flexibility index (Phi) is 5.91. The van der Waals surface area contributed by atoms with Gasteiger partial charge in [0.05, 0.1) is 6.42 Å². The molecule has 1 aromatic rings. The van der Waals surface area contributed by atoms with E-state index < -0.39 is 0 Å². The Morgan fingerprint density at radius 2 is 1.70 bits per heavy atom. The third-order valence-corrected chi connectivity index (χ3v) is 5.53. The van der Waals surface area contributed by atoms with Crippen molar-refractivity contribution in [3.05, 3.63) is 60.7 Å². The summed E-state index contributed by atoms with van der Waals surface area (Å²) in [5.41, 5.74) is 2.98. The van der Waals surface area contributed by atoms with Gasteiger partial charge in [0.1, 0.15) is 0 Å². The highest BCUT2D eigenvalue weighted by molar-refractivity contribution is 5.87. The maximum atomic E-state index is 12.8.